The van der Waals surface area contributed by atoms with Gasteiger partial charge in [-0.2, -0.15) is 0 Å². The lowest BCUT2D eigenvalue weighted by molar-refractivity contribution is -0.143. The van der Waals surface area contributed by atoms with E-state index in [2.05, 4.69) is 16.0 Å². The molecule has 10 N–H and O–H groups in total. The third-order valence-electron chi connectivity index (χ3n) is 6.22. The Balaban J connectivity index is 2.25. The Kier molecular flexibility index (Phi) is 12.9. The molecule has 0 saturated heterocycles. The highest BCUT2D eigenvalue weighted by atomic mass is 16.4. The lowest BCUT2D eigenvalue weighted by atomic mass is 10.0. The summed E-state index contributed by atoms with van der Waals surface area (Å²) in [5.74, 6) is -6.06. The highest BCUT2D eigenvalue weighted by Gasteiger charge is 2.31. The standard InChI is InChI=1S/C28H35N5O9/c29-19(14-16-4-2-1-3-5-16)25(38)33-22(15-17-6-8-18(34)9-7-17)27(40)31-20(10-12-23(30)35)26(39)32-21(28(41)42)11-13-24(36)37/h1-9,19-22,34H,10-15,29H2,(H2,30,35)(H,31,40)(H,32,39)(H,33,38)(H,36,37)(H,41,42). The molecule has 0 aliphatic carbocycles. The maximum absolute atomic E-state index is 13.4. The zero-order valence-electron chi connectivity index (χ0n) is 22.7. The minimum absolute atomic E-state index is 0.0206. The van der Waals surface area contributed by atoms with Gasteiger partial charge in [-0.15, -0.1) is 0 Å². The zero-order valence-corrected chi connectivity index (χ0v) is 22.7. The molecule has 0 aromatic heterocycles. The monoisotopic (exact) mass is 585 g/mol. The van der Waals surface area contributed by atoms with Crippen molar-refractivity contribution in [3.63, 3.8) is 0 Å². The minimum atomic E-state index is -1.58. The number of carbonyl (C=O) groups is 6. The number of rotatable bonds is 17. The first-order chi connectivity index (χ1) is 19.8. The molecule has 0 bridgehead atoms. The van der Waals surface area contributed by atoms with Gasteiger partial charge in [0.2, 0.25) is 23.6 Å². The summed E-state index contributed by atoms with van der Waals surface area (Å²) >= 11 is 0. The number of nitrogens with one attached hydrogen (secondary N) is 3. The van der Waals surface area contributed by atoms with E-state index in [1.807, 2.05) is 6.07 Å². The average molecular weight is 586 g/mol. The molecule has 226 valence electrons. The van der Waals surface area contributed by atoms with Crippen molar-refractivity contribution in [1.82, 2.24) is 16.0 Å². The largest absolute Gasteiger partial charge is 0.508 e. The van der Waals surface area contributed by atoms with E-state index in [-0.39, 0.29) is 31.4 Å². The first-order valence-corrected chi connectivity index (χ1v) is 13.1. The van der Waals surface area contributed by atoms with Crippen molar-refractivity contribution in [3.05, 3.63) is 65.7 Å². The second-order valence-electron chi connectivity index (χ2n) is 9.63. The Morgan fingerprint density at radius 1 is 0.667 bits per heavy atom. The number of nitrogens with two attached hydrogens (primary N) is 2. The molecule has 2 rings (SSSR count). The number of phenols is 1. The Hall–Kier alpha value is -4.98. The van der Waals surface area contributed by atoms with E-state index >= 15 is 0 Å². The number of hydrogen-bond donors (Lipinski definition) is 8. The van der Waals surface area contributed by atoms with Crippen LogP contribution in [0.5, 0.6) is 5.75 Å². The highest BCUT2D eigenvalue weighted by Crippen LogP contribution is 2.13. The summed E-state index contributed by atoms with van der Waals surface area (Å²) in [6.07, 6.45) is -1.51. The van der Waals surface area contributed by atoms with Crippen LogP contribution >= 0.6 is 0 Å². The van der Waals surface area contributed by atoms with E-state index in [0.29, 0.717) is 5.56 Å². The van der Waals surface area contributed by atoms with E-state index in [9.17, 15) is 39.0 Å². The Morgan fingerprint density at radius 2 is 1.19 bits per heavy atom. The molecule has 0 spiro atoms. The molecule has 0 fully saturated rings. The van der Waals surface area contributed by atoms with Gasteiger partial charge < -0.3 is 42.7 Å². The van der Waals surface area contributed by atoms with E-state index in [1.54, 1.807) is 24.3 Å². The number of carbonyl (C=O) groups excluding carboxylic acids is 4. The van der Waals surface area contributed by atoms with Gasteiger partial charge in [0.25, 0.3) is 0 Å². The van der Waals surface area contributed by atoms with Crippen molar-refractivity contribution < 1.29 is 44.1 Å². The molecule has 2 aromatic carbocycles. The van der Waals surface area contributed by atoms with Crippen LogP contribution in [-0.4, -0.2) is 75.1 Å². The molecular formula is C28H35N5O9. The lowest BCUT2D eigenvalue weighted by Gasteiger charge is -2.25. The Morgan fingerprint density at radius 3 is 1.76 bits per heavy atom. The maximum Gasteiger partial charge on any atom is 0.326 e. The van der Waals surface area contributed by atoms with Crippen LogP contribution in [0.1, 0.15) is 36.8 Å². The fraction of sp³-hybridized carbons (Fsp3) is 0.357. The average Bonchev–Trinajstić information content (AvgIpc) is 2.93. The first kappa shape index (κ1) is 33.2. The minimum Gasteiger partial charge on any atom is -0.508 e. The Labute approximate surface area is 241 Å². The number of benzene rings is 2. The number of carboxylic acid groups (broad SMARTS) is 2. The molecule has 0 saturated carbocycles. The van der Waals surface area contributed by atoms with Crippen LogP contribution in [0.15, 0.2) is 54.6 Å². The maximum atomic E-state index is 13.4. The van der Waals surface area contributed by atoms with Gasteiger partial charge in [-0.05, 0) is 42.5 Å². The molecule has 42 heavy (non-hydrogen) atoms. The van der Waals surface area contributed by atoms with Crippen molar-refractivity contribution in [3.8, 4) is 5.75 Å². The van der Waals surface area contributed by atoms with Gasteiger partial charge in [0.05, 0.1) is 6.04 Å². The molecule has 0 aliphatic heterocycles. The summed E-state index contributed by atoms with van der Waals surface area (Å²) in [6, 6.07) is 9.47. The third-order valence-corrected chi connectivity index (χ3v) is 6.22. The highest BCUT2D eigenvalue weighted by molar-refractivity contribution is 5.94. The number of aromatic hydroxyl groups is 1. The molecule has 0 radical (unpaired) electrons. The van der Waals surface area contributed by atoms with Gasteiger partial charge in [-0.3, -0.25) is 24.0 Å². The molecule has 0 heterocycles. The summed E-state index contributed by atoms with van der Waals surface area (Å²) in [5.41, 5.74) is 12.6. The predicted molar refractivity (Wildman–Crippen MR) is 149 cm³/mol. The quantitative estimate of drug-likeness (QED) is 0.114. The number of aliphatic carboxylic acids is 2. The van der Waals surface area contributed by atoms with Crippen LogP contribution in [0, 0.1) is 0 Å². The zero-order chi connectivity index (χ0) is 31.2. The number of hydrogen-bond acceptors (Lipinski definition) is 8. The number of phenolic OH excluding ortho intramolecular Hbond substituents is 1. The van der Waals surface area contributed by atoms with Gasteiger partial charge in [-0.1, -0.05) is 42.5 Å². The van der Waals surface area contributed by atoms with Crippen LogP contribution in [0.2, 0.25) is 0 Å². The van der Waals surface area contributed by atoms with E-state index in [0.717, 1.165) is 5.56 Å². The van der Waals surface area contributed by atoms with E-state index in [4.69, 9.17) is 16.6 Å². The molecule has 0 aliphatic rings. The number of amides is 4. The molecule has 4 unspecified atom stereocenters. The SMILES string of the molecule is NC(=O)CCC(NC(=O)C(Cc1ccc(O)cc1)NC(=O)C(N)Cc1ccccc1)C(=O)NC(CCC(=O)O)C(=O)O. The van der Waals surface area contributed by atoms with E-state index in [1.165, 1.54) is 24.3 Å². The smallest absolute Gasteiger partial charge is 0.326 e. The van der Waals surface area contributed by atoms with Gasteiger partial charge in [0.1, 0.15) is 23.9 Å². The van der Waals surface area contributed by atoms with Gasteiger partial charge in [0, 0.05) is 19.3 Å². The van der Waals surface area contributed by atoms with Gasteiger partial charge in [0.15, 0.2) is 0 Å². The van der Waals surface area contributed by atoms with Crippen molar-refractivity contribution in [1.29, 1.82) is 0 Å². The number of primary amides is 1. The van der Waals surface area contributed by atoms with Crippen LogP contribution in [0.4, 0.5) is 0 Å². The van der Waals surface area contributed by atoms with Crippen molar-refractivity contribution >= 4 is 35.6 Å². The summed E-state index contributed by atoms with van der Waals surface area (Å²) in [4.78, 5) is 73.2. The second kappa shape index (κ2) is 16.3. The van der Waals surface area contributed by atoms with Crippen LogP contribution < -0.4 is 27.4 Å². The van der Waals surface area contributed by atoms with Crippen molar-refractivity contribution in [2.24, 2.45) is 11.5 Å². The third kappa shape index (κ3) is 11.6. The topological polar surface area (TPSA) is 251 Å². The van der Waals surface area contributed by atoms with Crippen molar-refractivity contribution in [2.45, 2.75) is 62.7 Å². The van der Waals surface area contributed by atoms with Crippen LogP contribution in [0.3, 0.4) is 0 Å². The predicted octanol–water partition coefficient (Wildman–Crippen LogP) is -0.826. The summed E-state index contributed by atoms with van der Waals surface area (Å²) in [6.45, 7) is 0. The second-order valence-corrected chi connectivity index (χ2v) is 9.63. The fourth-order valence-electron chi connectivity index (χ4n) is 3.94. The summed E-state index contributed by atoms with van der Waals surface area (Å²) in [7, 11) is 0. The van der Waals surface area contributed by atoms with Crippen LogP contribution in [-0.2, 0) is 41.6 Å². The molecule has 14 heteroatoms. The summed E-state index contributed by atoms with van der Waals surface area (Å²) in [5, 5.41) is 35.1. The van der Waals surface area contributed by atoms with Crippen LogP contribution in [0.25, 0.3) is 0 Å². The van der Waals surface area contributed by atoms with Gasteiger partial charge >= 0.3 is 11.9 Å². The Bertz CT molecular complexity index is 1250. The lowest BCUT2D eigenvalue weighted by Crippen LogP contribution is -2.58. The first-order valence-electron chi connectivity index (χ1n) is 13.1. The number of carboxylic acids is 2. The normalized spacial score (nSPS) is 13.5. The molecular weight excluding hydrogens is 550 g/mol. The van der Waals surface area contributed by atoms with Gasteiger partial charge in [-0.25, -0.2) is 4.79 Å². The molecule has 2 aromatic rings. The van der Waals surface area contributed by atoms with E-state index < -0.39 is 72.6 Å². The molecule has 14 nitrogen and oxygen atoms in total. The molecule has 4 amide bonds. The molecule has 4 atom stereocenters. The van der Waals surface area contributed by atoms with Crippen molar-refractivity contribution in [2.75, 3.05) is 0 Å². The fourth-order valence-corrected chi connectivity index (χ4v) is 3.94. The summed E-state index contributed by atoms with van der Waals surface area (Å²) < 4.78 is 0.